The molecule has 1 heterocycles. The molecule has 0 saturated heterocycles. The predicted molar refractivity (Wildman–Crippen MR) is 69.6 cm³/mol. The van der Waals surface area contributed by atoms with Gasteiger partial charge < -0.3 is 14.6 Å². The minimum absolute atomic E-state index is 0.0215. The molecule has 1 amide bonds. The lowest BCUT2D eigenvalue weighted by Gasteiger charge is -2.08. The number of carbonyl (C=O) groups is 1. The van der Waals surface area contributed by atoms with Crippen molar-refractivity contribution in [3.63, 3.8) is 0 Å². The van der Waals surface area contributed by atoms with Gasteiger partial charge in [0, 0.05) is 6.61 Å². The van der Waals surface area contributed by atoms with Gasteiger partial charge in [0.2, 0.25) is 5.91 Å². The van der Waals surface area contributed by atoms with Crippen molar-refractivity contribution in [2.75, 3.05) is 18.5 Å². The summed E-state index contributed by atoms with van der Waals surface area (Å²) in [5.74, 6) is 0.709. The van der Waals surface area contributed by atoms with Crippen molar-refractivity contribution < 1.29 is 14.1 Å². The van der Waals surface area contributed by atoms with E-state index >= 15 is 0 Å². The molecule has 0 radical (unpaired) electrons. The minimum atomic E-state index is -0.217. The summed E-state index contributed by atoms with van der Waals surface area (Å²) in [4.78, 5) is 15.8. The second-order valence-electron chi connectivity index (χ2n) is 3.88. The Morgan fingerprint density at radius 3 is 2.89 bits per heavy atom. The van der Waals surface area contributed by atoms with Gasteiger partial charge >= 0.3 is 0 Å². The summed E-state index contributed by atoms with van der Waals surface area (Å²) < 4.78 is 10.2. The second kappa shape index (κ2) is 6.10. The Morgan fingerprint density at radius 1 is 1.42 bits per heavy atom. The smallest absolute Gasteiger partial charge is 0.260 e. The van der Waals surface area contributed by atoms with Crippen molar-refractivity contribution in [3.8, 4) is 11.5 Å². The van der Waals surface area contributed by atoms with E-state index in [2.05, 4.69) is 15.5 Å². The van der Waals surface area contributed by atoms with Crippen LogP contribution >= 0.6 is 0 Å². The molecular weight excluding hydrogens is 246 g/mol. The minimum Gasteiger partial charge on any atom is -0.372 e. The number of benzene rings is 1. The molecule has 1 aromatic heterocycles. The molecule has 100 valence electrons. The number of carbonyl (C=O) groups excluding carboxylic acids is 1. The van der Waals surface area contributed by atoms with Gasteiger partial charge in [-0.2, -0.15) is 4.98 Å². The number of hydrogen-bond acceptors (Lipinski definition) is 5. The molecule has 2 aromatic rings. The first kappa shape index (κ1) is 13.2. The zero-order valence-electron chi connectivity index (χ0n) is 10.8. The summed E-state index contributed by atoms with van der Waals surface area (Å²) in [6.45, 7) is 4.09. The van der Waals surface area contributed by atoms with E-state index in [4.69, 9.17) is 9.26 Å². The third kappa shape index (κ3) is 3.38. The van der Waals surface area contributed by atoms with Gasteiger partial charge in [0.15, 0.2) is 5.82 Å². The summed E-state index contributed by atoms with van der Waals surface area (Å²) in [6.07, 6.45) is 0. The van der Waals surface area contributed by atoms with E-state index in [1.54, 1.807) is 13.0 Å². The van der Waals surface area contributed by atoms with E-state index in [-0.39, 0.29) is 12.5 Å². The summed E-state index contributed by atoms with van der Waals surface area (Å²) >= 11 is 0. The highest BCUT2D eigenvalue weighted by molar-refractivity contribution is 5.95. The molecule has 1 aromatic carbocycles. The third-order valence-electron chi connectivity index (χ3n) is 2.40. The molecule has 19 heavy (non-hydrogen) atoms. The Morgan fingerprint density at radius 2 is 2.21 bits per heavy atom. The topological polar surface area (TPSA) is 77.2 Å². The number of anilines is 1. The van der Waals surface area contributed by atoms with Gasteiger partial charge in [-0.05, 0) is 26.0 Å². The largest absolute Gasteiger partial charge is 0.372 e. The van der Waals surface area contributed by atoms with Crippen molar-refractivity contribution in [1.82, 2.24) is 10.1 Å². The maximum atomic E-state index is 11.7. The lowest BCUT2D eigenvalue weighted by atomic mass is 10.1. The molecule has 0 saturated carbocycles. The van der Waals surface area contributed by atoms with E-state index < -0.39 is 0 Å². The molecule has 0 fully saturated rings. The van der Waals surface area contributed by atoms with Crippen LogP contribution in [0.15, 0.2) is 28.8 Å². The fourth-order valence-corrected chi connectivity index (χ4v) is 1.57. The van der Waals surface area contributed by atoms with Crippen LogP contribution in [0.1, 0.15) is 12.7 Å². The first-order valence-corrected chi connectivity index (χ1v) is 5.98. The van der Waals surface area contributed by atoms with Crippen molar-refractivity contribution >= 4 is 11.6 Å². The highest BCUT2D eigenvalue weighted by Gasteiger charge is 2.12. The van der Waals surface area contributed by atoms with Crippen LogP contribution in [0.3, 0.4) is 0 Å². The van der Waals surface area contributed by atoms with Crippen LogP contribution in [-0.2, 0) is 9.53 Å². The highest BCUT2D eigenvalue weighted by Crippen LogP contribution is 2.26. The fourth-order valence-electron chi connectivity index (χ4n) is 1.57. The molecule has 6 nitrogen and oxygen atoms in total. The normalized spacial score (nSPS) is 10.4. The van der Waals surface area contributed by atoms with Gasteiger partial charge in [0.1, 0.15) is 6.61 Å². The fraction of sp³-hybridized carbons (Fsp3) is 0.308. The van der Waals surface area contributed by atoms with Crippen LogP contribution < -0.4 is 5.32 Å². The van der Waals surface area contributed by atoms with Crippen LogP contribution in [0.25, 0.3) is 11.5 Å². The molecule has 0 aliphatic heterocycles. The predicted octanol–water partition coefficient (Wildman–Crippen LogP) is 2.02. The summed E-state index contributed by atoms with van der Waals surface area (Å²) in [5, 5.41) is 6.50. The molecule has 0 spiro atoms. The number of aryl methyl sites for hydroxylation is 1. The van der Waals surface area contributed by atoms with Crippen molar-refractivity contribution in [3.05, 3.63) is 30.1 Å². The van der Waals surface area contributed by atoms with E-state index in [1.807, 2.05) is 25.1 Å². The molecular formula is C13H15N3O3. The molecule has 1 N–H and O–H groups in total. The van der Waals surface area contributed by atoms with Crippen LogP contribution in [0.2, 0.25) is 0 Å². The Hall–Kier alpha value is -2.21. The molecule has 0 aliphatic carbocycles. The number of rotatable bonds is 5. The Bertz CT molecular complexity index is 566. The highest BCUT2D eigenvalue weighted by atomic mass is 16.5. The van der Waals surface area contributed by atoms with Crippen LogP contribution in [0.4, 0.5) is 5.69 Å². The molecule has 6 heteroatoms. The number of nitrogens with zero attached hydrogens (tertiary/aromatic N) is 2. The second-order valence-corrected chi connectivity index (χ2v) is 3.88. The van der Waals surface area contributed by atoms with E-state index in [9.17, 15) is 4.79 Å². The number of hydrogen-bond donors (Lipinski definition) is 1. The zero-order chi connectivity index (χ0) is 13.7. The summed E-state index contributed by atoms with van der Waals surface area (Å²) in [5.41, 5.74) is 1.31. The number of para-hydroxylation sites is 1. The SMILES string of the molecule is CCOCC(=O)Nc1ccccc1-c1nc(C)no1. The lowest BCUT2D eigenvalue weighted by molar-refractivity contribution is -0.120. The maximum absolute atomic E-state index is 11.7. The first-order valence-electron chi connectivity index (χ1n) is 5.98. The van der Waals surface area contributed by atoms with Crippen molar-refractivity contribution in [2.45, 2.75) is 13.8 Å². The van der Waals surface area contributed by atoms with Crippen LogP contribution in [-0.4, -0.2) is 29.3 Å². The van der Waals surface area contributed by atoms with Gasteiger partial charge in [0.25, 0.3) is 5.89 Å². The monoisotopic (exact) mass is 261 g/mol. The quantitative estimate of drug-likeness (QED) is 0.891. The summed E-state index contributed by atoms with van der Waals surface area (Å²) in [7, 11) is 0. The molecule has 0 aliphatic rings. The first-order chi connectivity index (χ1) is 9.20. The van der Waals surface area contributed by atoms with Gasteiger partial charge in [-0.15, -0.1) is 0 Å². The molecule has 0 atom stereocenters. The van der Waals surface area contributed by atoms with E-state index in [0.717, 1.165) is 0 Å². The standard InChI is InChI=1S/C13H15N3O3/c1-3-18-8-12(17)15-11-7-5-4-6-10(11)13-14-9(2)16-19-13/h4-7H,3,8H2,1-2H3,(H,15,17). The lowest BCUT2D eigenvalue weighted by Crippen LogP contribution is -2.18. The Balaban J connectivity index is 2.19. The number of ether oxygens (including phenoxy) is 1. The average molecular weight is 261 g/mol. The Kier molecular flexibility index (Phi) is 4.25. The zero-order valence-corrected chi connectivity index (χ0v) is 10.8. The third-order valence-corrected chi connectivity index (χ3v) is 2.40. The molecule has 2 rings (SSSR count). The summed E-state index contributed by atoms with van der Waals surface area (Å²) in [6, 6.07) is 7.25. The van der Waals surface area contributed by atoms with Gasteiger partial charge in [-0.1, -0.05) is 17.3 Å². The van der Waals surface area contributed by atoms with Crippen LogP contribution in [0, 0.1) is 6.92 Å². The number of nitrogens with one attached hydrogen (secondary N) is 1. The van der Waals surface area contributed by atoms with E-state index in [1.165, 1.54) is 0 Å². The van der Waals surface area contributed by atoms with Gasteiger partial charge in [-0.3, -0.25) is 4.79 Å². The van der Waals surface area contributed by atoms with Gasteiger partial charge in [0.05, 0.1) is 11.3 Å². The van der Waals surface area contributed by atoms with Gasteiger partial charge in [-0.25, -0.2) is 0 Å². The van der Waals surface area contributed by atoms with Crippen LogP contribution in [0.5, 0.6) is 0 Å². The Labute approximate surface area is 110 Å². The maximum Gasteiger partial charge on any atom is 0.260 e. The number of aromatic nitrogens is 2. The average Bonchev–Trinajstić information content (AvgIpc) is 2.83. The molecule has 0 bridgehead atoms. The van der Waals surface area contributed by atoms with Crippen molar-refractivity contribution in [1.29, 1.82) is 0 Å². The molecule has 0 unspecified atom stereocenters. The number of amides is 1. The van der Waals surface area contributed by atoms with Crippen molar-refractivity contribution in [2.24, 2.45) is 0 Å². The van der Waals surface area contributed by atoms with E-state index in [0.29, 0.717) is 29.6 Å².